The standard InChI is InChI=1S/C19H19N5S/c1-13-12-14(2)22-19(21-13)24-18(20)23-16-10-6-7-11-17(16)25-15-8-4-3-5-9-15/h3-12H,1-2H3,(H3,20,21,22,23,24)/p+1. The summed E-state index contributed by atoms with van der Waals surface area (Å²) in [5.74, 6) is 0.863. The number of nitrogens with two attached hydrogens (primary N) is 1. The molecular formula is C19H20N5S+. The van der Waals surface area contributed by atoms with Gasteiger partial charge in [-0.15, -0.1) is 9.97 Å². The lowest BCUT2D eigenvalue weighted by molar-refractivity contribution is -0.365. The summed E-state index contributed by atoms with van der Waals surface area (Å²) in [5.41, 5.74) is 8.81. The van der Waals surface area contributed by atoms with E-state index in [1.165, 1.54) is 4.90 Å². The topological polar surface area (TPSA) is 77.8 Å². The number of nitrogens with zero attached hydrogens (tertiary/aromatic N) is 2. The number of guanidine groups is 1. The molecule has 0 unspecified atom stereocenters. The lowest BCUT2D eigenvalue weighted by Crippen LogP contribution is -2.72. The lowest BCUT2D eigenvalue weighted by atomic mass is 10.3. The Morgan fingerprint density at radius 1 is 0.960 bits per heavy atom. The van der Waals surface area contributed by atoms with Crippen LogP contribution in [-0.2, 0) is 0 Å². The summed E-state index contributed by atoms with van der Waals surface area (Å²) in [5, 5.41) is 3.20. The maximum Gasteiger partial charge on any atom is 0.354 e. The van der Waals surface area contributed by atoms with E-state index in [4.69, 9.17) is 5.73 Å². The first-order chi connectivity index (χ1) is 12.1. The van der Waals surface area contributed by atoms with Crippen molar-refractivity contribution in [3.05, 3.63) is 72.1 Å². The van der Waals surface area contributed by atoms with Crippen LogP contribution in [0.5, 0.6) is 0 Å². The summed E-state index contributed by atoms with van der Waals surface area (Å²) >= 11 is 1.68. The van der Waals surface area contributed by atoms with Crippen LogP contribution in [0.1, 0.15) is 11.4 Å². The zero-order valence-corrected chi connectivity index (χ0v) is 15.0. The lowest BCUT2D eigenvalue weighted by Gasteiger charge is -2.08. The molecule has 1 aromatic heterocycles. The van der Waals surface area contributed by atoms with Gasteiger partial charge in [-0.25, -0.2) is 4.99 Å². The maximum absolute atomic E-state index is 6.11. The molecule has 0 spiro atoms. The zero-order chi connectivity index (χ0) is 17.6. The van der Waals surface area contributed by atoms with Gasteiger partial charge in [0.2, 0.25) is 0 Å². The molecule has 1 heterocycles. The van der Waals surface area contributed by atoms with Gasteiger partial charge in [-0.2, -0.15) is 0 Å². The predicted octanol–water partition coefficient (Wildman–Crippen LogP) is 2.38. The van der Waals surface area contributed by atoms with E-state index in [1.807, 2.05) is 56.3 Å². The van der Waals surface area contributed by atoms with Gasteiger partial charge in [0.05, 0.1) is 17.1 Å². The average molecular weight is 350 g/mol. The number of hydrogen-bond donors (Lipinski definition) is 3. The fourth-order valence-corrected chi connectivity index (χ4v) is 3.28. The van der Waals surface area contributed by atoms with Crippen molar-refractivity contribution in [3.8, 4) is 0 Å². The van der Waals surface area contributed by atoms with Crippen LogP contribution in [0.25, 0.3) is 0 Å². The van der Waals surface area contributed by atoms with Crippen LogP contribution in [0.15, 0.2) is 70.5 Å². The first kappa shape index (κ1) is 17.0. The van der Waals surface area contributed by atoms with Gasteiger partial charge in [-0.1, -0.05) is 42.1 Å². The van der Waals surface area contributed by atoms with Crippen LogP contribution in [0.2, 0.25) is 0 Å². The molecule has 6 heteroatoms. The molecular weight excluding hydrogens is 330 g/mol. The number of aryl methyl sites for hydroxylation is 2. The Kier molecular flexibility index (Phi) is 5.30. The summed E-state index contributed by atoms with van der Waals surface area (Å²) < 4.78 is 0. The van der Waals surface area contributed by atoms with Crippen LogP contribution < -0.4 is 16.0 Å². The predicted molar refractivity (Wildman–Crippen MR) is 102 cm³/mol. The minimum atomic E-state index is 0.381. The summed E-state index contributed by atoms with van der Waals surface area (Å²) in [6.07, 6.45) is 0. The molecule has 3 rings (SSSR count). The highest BCUT2D eigenvalue weighted by atomic mass is 32.2. The van der Waals surface area contributed by atoms with E-state index in [1.54, 1.807) is 11.8 Å². The number of rotatable bonds is 4. The molecule has 0 bridgehead atoms. The normalized spacial score (nSPS) is 11.4. The Labute approximate surface area is 151 Å². The minimum absolute atomic E-state index is 0.381. The molecule has 0 fully saturated rings. The smallest absolute Gasteiger partial charge is 0.322 e. The van der Waals surface area contributed by atoms with Crippen molar-refractivity contribution >= 4 is 29.4 Å². The Balaban J connectivity index is 1.81. The molecule has 0 radical (unpaired) electrons. The number of benzene rings is 2. The van der Waals surface area contributed by atoms with Gasteiger partial charge >= 0.3 is 5.95 Å². The largest absolute Gasteiger partial charge is 0.354 e. The molecule has 0 saturated heterocycles. The van der Waals surface area contributed by atoms with Crippen LogP contribution in [-0.4, -0.2) is 15.9 Å². The second-order valence-electron chi connectivity index (χ2n) is 5.55. The summed E-state index contributed by atoms with van der Waals surface area (Å²) in [6, 6.07) is 20.2. The van der Waals surface area contributed by atoms with Gasteiger partial charge in [-0.3, -0.25) is 5.32 Å². The van der Waals surface area contributed by atoms with Gasteiger partial charge in [0.15, 0.2) is 0 Å². The van der Waals surface area contributed by atoms with Crippen molar-refractivity contribution in [2.75, 3.05) is 5.32 Å². The molecule has 0 atom stereocenters. The van der Waals surface area contributed by atoms with Crippen LogP contribution in [0, 0.1) is 13.8 Å². The SMILES string of the molecule is Cc1cc(C)nc([NH+]=C(N)Nc2ccccc2Sc2ccccc2)n1. The molecule has 5 nitrogen and oxygen atoms in total. The fourth-order valence-electron chi connectivity index (χ4n) is 2.35. The van der Waals surface area contributed by atoms with Crippen molar-refractivity contribution in [2.45, 2.75) is 23.6 Å². The van der Waals surface area contributed by atoms with Crippen molar-refractivity contribution in [2.24, 2.45) is 5.73 Å². The van der Waals surface area contributed by atoms with Crippen LogP contribution in [0.3, 0.4) is 0 Å². The molecule has 0 amide bonds. The third-order valence-corrected chi connectivity index (χ3v) is 4.44. The highest BCUT2D eigenvalue weighted by molar-refractivity contribution is 7.99. The monoisotopic (exact) mass is 350 g/mol. The Bertz CT molecular complexity index is 873. The average Bonchev–Trinajstić information content (AvgIpc) is 2.56. The Hall–Kier alpha value is -2.86. The summed E-state index contributed by atoms with van der Waals surface area (Å²) in [7, 11) is 0. The Morgan fingerprint density at radius 3 is 2.32 bits per heavy atom. The van der Waals surface area contributed by atoms with E-state index in [9.17, 15) is 0 Å². The van der Waals surface area contributed by atoms with Crippen molar-refractivity contribution in [1.29, 1.82) is 0 Å². The Morgan fingerprint density at radius 2 is 1.60 bits per heavy atom. The van der Waals surface area contributed by atoms with E-state index in [2.05, 4.69) is 38.5 Å². The van der Waals surface area contributed by atoms with Gasteiger partial charge in [-0.05, 0) is 38.1 Å². The third-order valence-electron chi connectivity index (χ3n) is 3.36. The second kappa shape index (κ2) is 7.81. The second-order valence-corrected chi connectivity index (χ2v) is 6.66. The van der Waals surface area contributed by atoms with Crippen LogP contribution >= 0.6 is 11.8 Å². The number of hydrogen-bond acceptors (Lipinski definition) is 3. The number of nitrogens with one attached hydrogen (secondary N) is 2. The summed E-state index contributed by atoms with van der Waals surface area (Å²) in [6.45, 7) is 3.85. The molecule has 0 aliphatic rings. The molecule has 3 aromatic rings. The number of para-hydroxylation sites is 1. The molecule has 4 N–H and O–H groups in total. The van der Waals surface area contributed by atoms with Crippen molar-refractivity contribution in [3.63, 3.8) is 0 Å². The first-order valence-electron chi connectivity index (χ1n) is 7.91. The number of anilines is 1. The third kappa shape index (κ3) is 4.81. The van der Waals surface area contributed by atoms with E-state index >= 15 is 0 Å². The van der Waals surface area contributed by atoms with E-state index < -0.39 is 0 Å². The molecule has 0 saturated carbocycles. The minimum Gasteiger partial charge on any atom is -0.322 e. The summed E-state index contributed by atoms with van der Waals surface area (Å²) in [4.78, 5) is 13.9. The number of aromatic nitrogens is 2. The first-order valence-corrected chi connectivity index (χ1v) is 8.72. The quantitative estimate of drug-likeness (QED) is 0.497. The highest BCUT2D eigenvalue weighted by Gasteiger charge is 2.09. The molecule has 2 aromatic carbocycles. The molecule has 25 heavy (non-hydrogen) atoms. The van der Waals surface area contributed by atoms with Crippen molar-refractivity contribution < 1.29 is 4.99 Å². The fraction of sp³-hybridized carbons (Fsp3) is 0.105. The zero-order valence-electron chi connectivity index (χ0n) is 14.2. The molecule has 126 valence electrons. The maximum atomic E-state index is 6.11. The highest BCUT2D eigenvalue weighted by Crippen LogP contribution is 2.32. The van der Waals surface area contributed by atoms with Gasteiger partial charge < -0.3 is 5.73 Å². The van der Waals surface area contributed by atoms with E-state index in [0.29, 0.717) is 11.9 Å². The van der Waals surface area contributed by atoms with Crippen LogP contribution in [0.4, 0.5) is 11.6 Å². The molecule has 0 aliphatic heterocycles. The van der Waals surface area contributed by atoms with E-state index in [0.717, 1.165) is 22.0 Å². The van der Waals surface area contributed by atoms with Crippen molar-refractivity contribution in [1.82, 2.24) is 9.97 Å². The molecule has 0 aliphatic carbocycles. The van der Waals surface area contributed by atoms with Gasteiger partial charge in [0.1, 0.15) is 0 Å². The van der Waals surface area contributed by atoms with Gasteiger partial charge in [0, 0.05) is 15.9 Å². The van der Waals surface area contributed by atoms with E-state index in [-0.39, 0.29) is 0 Å². The van der Waals surface area contributed by atoms with Gasteiger partial charge in [0.25, 0.3) is 5.96 Å².